The van der Waals surface area contributed by atoms with E-state index in [1.807, 2.05) is 11.3 Å². The summed E-state index contributed by atoms with van der Waals surface area (Å²) in [5.74, 6) is 0. The molecule has 0 amide bonds. The van der Waals surface area contributed by atoms with E-state index in [0.717, 1.165) is 45.3 Å². The highest BCUT2D eigenvalue weighted by molar-refractivity contribution is 7.25. The molecule has 2 aromatic heterocycles. The number of aromatic nitrogens is 1. The quantitative estimate of drug-likeness (QED) is 0.162. The largest absolute Gasteiger partial charge is 0.309 e. The highest BCUT2D eigenvalue weighted by atomic mass is 32.1. The number of benzene rings is 9. The molecular weight excluding hydrogens is 699 g/mol. The average molecular weight is 734 g/mol. The van der Waals surface area contributed by atoms with Gasteiger partial charge in [0.1, 0.15) is 0 Å². The van der Waals surface area contributed by atoms with Gasteiger partial charge in [-0.2, -0.15) is 0 Å². The summed E-state index contributed by atoms with van der Waals surface area (Å²) < 4.78 is 5.03. The number of hydrogen-bond acceptors (Lipinski definition) is 3. The van der Waals surface area contributed by atoms with Crippen molar-refractivity contribution in [2.45, 2.75) is 0 Å². The Morgan fingerprint density at radius 1 is 0.321 bits per heavy atom. The Morgan fingerprint density at radius 2 is 0.875 bits per heavy atom. The van der Waals surface area contributed by atoms with Crippen LogP contribution in [0.25, 0.3) is 58.4 Å². The Bertz CT molecular complexity index is 3200. The molecule has 0 spiro atoms. The van der Waals surface area contributed by atoms with Crippen molar-refractivity contribution in [3.8, 4) is 5.69 Å². The van der Waals surface area contributed by atoms with Gasteiger partial charge in [0.05, 0.1) is 22.4 Å². The maximum Gasteiger partial charge on any atom is 0.0702 e. The predicted octanol–water partition coefficient (Wildman–Crippen LogP) is 15.2. The minimum absolute atomic E-state index is 1.07. The van der Waals surface area contributed by atoms with Crippen LogP contribution in [-0.4, -0.2) is 4.57 Å². The Labute approximate surface area is 329 Å². The third kappa shape index (κ3) is 5.34. The second-order valence-electron chi connectivity index (χ2n) is 14.2. The molecule has 0 unspecified atom stereocenters. The monoisotopic (exact) mass is 733 g/mol. The highest BCUT2D eigenvalue weighted by Crippen LogP contribution is 2.47. The summed E-state index contributed by atoms with van der Waals surface area (Å²) in [6.07, 6.45) is 0. The molecule has 2 heterocycles. The summed E-state index contributed by atoms with van der Waals surface area (Å²) in [7, 11) is 0. The van der Waals surface area contributed by atoms with Gasteiger partial charge < -0.3 is 14.4 Å². The van der Waals surface area contributed by atoms with Crippen molar-refractivity contribution in [1.29, 1.82) is 0 Å². The Balaban J connectivity index is 1.13. The predicted molar refractivity (Wildman–Crippen MR) is 241 cm³/mol. The lowest BCUT2D eigenvalue weighted by molar-refractivity contribution is 1.17. The average Bonchev–Trinajstić information content (AvgIpc) is 3.79. The molecule has 3 nitrogen and oxygen atoms in total. The van der Waals surface area contributed by atoms with E-state index in [-0.39, 0.29) is 0 Å². The van der Waals surface area contributed by atoms with E-state index < -0.39 is 0 Å². The first-order valence-corrected chi connectivity index (χ1v) is 19.8. The normalized spacial score (nSPS) is 11.6. The molecule has 11 aromatic rings. The van der Waals surface area contributed by atoms with Crippen molar-refractivity contribution in [2.75, 3.05) is 9.80 Å². The summed E-state index contributed by atoms with van der Waals surface area (Å²) in [5, 5.41) is 7.54. The fourth-order valence-electron chi connectivity index (χ4n) is 8.40. The standard InChI is InChI=1S/C52H35N3S/c1-4-16-38(17-5-1)53(41-29-28-36-34-52-46(33-37(36)32-41)45-23-11-15-27-51(45)56-52)48-25-13-14-26-49(48)54(39-18-6-2-7-19-39)42-30-31-44-43-22-10-12-24-47(43)55(50(44)35-42)40-20-8-3-9-21-40/h1-35H. The third-order valence-electron chi connectivity index (χ3n) is 10.9. The first kappa shape index (κ1) is 32.3. The molecule has 4 heteroatoms. The zero-order valence-electron chi connectivity index (χ0n) is 30.5. The van der Waals surface area contributed by atoms with Crippen molar-refractivity contribution in [1.82, 2.24) is 4.57 Å². The third-order valence-corrected chi connectivity index (χ3v) is 12.0. The van der Waals surface area contributed by atoms with Crippen LogP contribution in [0.2, 0.25) is 0 Å². The van der Waals surface area contributed by atoms with Crippen LogP contribution in [0.3, 0.4) is 0 Å². The number of hydrogen-bond donors (Lipinski definition) is 0. The zero-order valence-corrected chi connectivity index (χ0v) is 31.3. The number of fused-ring (bicyclic) bond motifs is 7. The number of para-hydroxylation sites is 6. The molecule has 11 rings (SSSR count). The lowest BCUT2D eigenvalue weighted by atomic mass is 10.0. The highest BCUT2D eigenvalue weighted by Gasteiger charge is 2.23. The van der Waals surface area contributed by atoms with Gasteiger partial charge in [0.15, 0.2) is 0 Å². The van der Waals surface area contributed by atoms with E-state index in [1.165, 1.54) is 47.2 Å². The SMILES string of the molecule is c1ccc(N(c2ccc3cc4sc5ccccc5c4cc3c2)c2ccccc2N(c2ccccc2)c2ccc3c4ccccc4n(-c4ccccc4)c3c2)cc1. The molecule has 0 atom stereocenters. The molecule has 0 radical (unpaired) electrons. The lowest BCUT2D eigenvalue weighted by Gasteiger charge is -2.33. The van der Waals surface area contributed by atoms with Gasteiger partial charge in [-0.25, -0.2) is 0 Å². The molecule has 56 heavy (non-hydrogen) atoms. The minimum atomic E-state index is 1.07. The summed E-state index contributed by atoms with van der Waals surface area (Å²) in [6, 6.07) is 76.9. The van der Waals surface area contributed by atoms with E-state index in [4.69, 9.17) is 0 Å². The van der Waals surface area contributed by atoms with Crippen molar-refractivity contribution in [2.24, 2.45) is 0 Å². The molecule has 0 aliphatic rings. The molecule has 264 valence electrons. The van der Waals surface area contributed by atoms with Crippen LogP contribution in [0.5, 0.6) is 0 Å². The topological polar surface area (TPSA) is 11.4 Å². The molecule has 0 aliphatic carbocycles. The minimum Gasteiger partial charge on any atom is -0.309 e. The molecule has 0 saturated carbocycles. The maximum atomic E-state index is 2.40. The second kappa shape index (κ2) is 13.3. The fraction of sp³-hybridized carbons (Fsp3) is 0. The molecule has 0 saturated heterocycles. The number of rotatable bonds is 7. The van der Waals surface area contributed by atoms with Crippen molar-refractivity contribution < 1.29 is 0 Å². The van der Waals surface area contributed by atoms with Gasteiger partial charge in [-0.05, 0) is 108 Å². The van der Waals surface area contributed by atoms with Crippen LogP contribution in [0.15, 0.2) is 212 Å². The van der Waals surface area contributed by atoms with Gasteiger partial charge in [0, 0.05) is 59.4 Å². The van der Waals surface area contributed by atoms with Gasteiger partial charge in [-0.1, -0.05) is 115 Å². The number of anilines is 6. The van der Waals surface area contributed by atoms with Crippen LogP contribution in [0.4, 0.5) is 34.1 Å². The van der Waals surface area contributed by atoms with E-state index >= 15 is 0 Å². The van der Waals surface area contributed by atoms with Crippen LogP contribution in [-0.2, 0) is 0 Å². The van der Waals surface area contributed by atoms with E-state index in [1.54, 1.807) is 0 Å². The van der Waals surface area contributed by atoms with Crippen molar-refractivity contribution >= 4 is 98.2 Å². The number of thiophene rings is 1. The number of nitrogens with zero attached hydrogens (tertiary/aromatic N) is 3. The summed E-state index contributed by atoms with van der Waals surface area (Å²) in [6.45, 7) is 0. The van der Waals surface area contributed by atoms with Crippen molar-refractivity contribution in [3.63, 3.8) is 0 Å². The molecule has 0 aliphatic heterocycles. The summed E-state index contributed by atoms with van der Waals surface area (Å²) in [5.41, 5.74) is 10.00. The summed E-state index contributed by atoms with van der Waals surface area (Å²) in [4.78, 5) is 4.81. The summed E-state index contributed by atoms with van der Waals surface area (Å²) >= 11 is 1.87. The zero-order chi connectivity index (χ0) is 37.0. The lowest BCUT2D eigenvalue weighted by Crippen LogP contribution is -2.17. The van der Waals surface area contributed by atoms with E-state index in [2.05, 4.69) is 227 Å². The first-order chi connectivity index (χ1) is 27.8. The van der Waals surface area contributed by atoms with Gasteiger partial charge in [-0.15, -0.1) is 11.3 Å². The Kier molecular flexibility index (Phi) is 7.68. The Morgan fingerprint density at radius 3 is 1.59 bits per heavy atom. The van der Waals surface area contributed by atoms with Gasteiger partial charge in [0.25, 0.3) is 0 Å². The van der Waals surface area contributed by atoms with Crippen LogP contribution in [0.1, 0.15) is 0 Å². The van der Waals surface area contributed by atoms with Crippen molar-refractivity contribution in [3.05, 3.63) is 212 Å². The maximum absolute atomic E-state index is 2.40. The van der Waals surface area contributed by atoms with E-state index in [9.17, 15) is 0 Å². The van der Waals surface area contributed by atoms with E-state index in [0.29, 0.717) is 0 Å². The Hall–Kier alpha value is -7.14. The molecule has 0 N–H and O–H groups in total. The molecule has 9 aromatic carbocycles. The van der Waals surface area contributed by atoms with Gasteiger partial charge in [0.2, 0.25) is 0 Å². The molecular formula is C52H35N3S. The van der Waals surface area contributed by atoms with Crippen LogP contribution < -0.4 is 9.80 Å². The smallest absolute Gasteiger partial charge is 0.0702 e. The molecule has 0 bridgehead atoms. The molecule has 0 fully saturated rings. The van der Waals surface area contributed by atoms with Crippen LogP contribution in [0, 0.1) is 0 Å². The van der Waals surface area contributed by atoms with Gasteiger partial charge in [-0.3, -0.25) is 0 Å². The fourth-order valence-corrected chi connectivity index (χ4v) is 9.54. The van der Waals surface area contributed by atoms with Crippen LogP contribution >= 0.6 is 11.3 Å². The van der Waals surface area contributed by atoms with Gasteiger partial charge >= 0.3 is 0 Å². The first-order valence-electron chi connectivity index (χ1n) is 19.0. The second-order valence-corrected chi connectivity index (χ2v) is 15.3.